The summed E-state index contributed by atoms with van der Waals surface area (Å²) in [5, 5.41) is 12.0. The molecule has 3 aliphatic rings. The lowest BCUT2D eigenvalue weighted by molar-refractivity contribution is -0.142. The molecular weight excluding hydrogens is 479 g/mol. The third-order valence-corrected chi connectivity index (χ3v) is 6.99. The van der Waals surface area contributed by atoms with Gasteiger partial charge in [-0.25, -0.2) is 4.98 Å². The van der Waals surface area contributed by atoms with E-state index in [0.717, 1.165) is 43.5 Å². The Labute approximate surface area is 205 Å². The van der Waals surface area contributed by atoms with Crippen LogP contribution in [-0.4, -0.2) is 74.0 Å². The van der Waals surface area contributed by atoms with Crippen molar-refractivity contribution in [1.29, 1.82) is 0 Å². The number of hydrogen-bond donors (Lipinski definition) is 1. The van der Waals surface area contributed by atoms with Crippen molar-refractivity contribution in [3.05, 3.63) is 36.1 Å². The second-order valence-electron chi connectivity index (χ2n) is 9.51. The number of ether oxygens (including phenoxy) is 2. The van der Waals surface area contributed by atoms with Crippen molar-refractivity contribution >= 4 is 11.9 Å². The minimum Gasteiger partial charge on any atom is -0.469 e. The van der Waals surface area contributed by atoms with Crippen LogP contribution in [0.25, 0.3) is 0 Å². The molecule has 0 bridgehead atoms. The molecule has 194 valence electrons. The molecule has 1 saturated carbocycles. The number of halogens is 3. The van der Waals surface area contributed by atoms with Gasteiger partial charge in [-0.15, -0.1) is 10.2 Å². The fraction of sp³-hybridized carbons (Fsp3) is 0.609. The van der Waals surface area contributed by atoms with Crippen LogP contribution in [0.4, 0.5) is 19.1 Å². The second-order valence-corrected chi connectivity index (χ2v) is 9.51. The van der Waals surface area contributed by atoms with Crippen LogP contribution in [0.3, 0.4) is 0 Å². The molecule has 2 aromatic heterocycles. The van der Waals surface area contributed by atoms with Gasteiger partial charge in [-0.05, 0) is 25.3 Å². The molecule has 36 heavy (non-hydrogen) atoms. The van der Waals surface area contributed by atoms with Crippen molar-refractivity contribution in [2.45, 2.75) is 55.8 Å². The number of likely N-dealkylation sites (tertiary alicyclic amines) is 1. The van der Waals surface area contributed by atoms with Crippen molar-refractivity contribution in [2.24, 2.45) is 7.05 Å². The number of hydrogen-bond acceptors (Lipinski definition) is 8. The molecule has 1 aliphatic carbocycles. The van der Waals surface area contributed by atoms with Crippen molar-refractivity contribution < 1.29 is 27.4 Å². The molecule has 2 saturated heterocycles. The standard InChI is InChI=1S/C23H28F3N7O3/c1-3-18(34)33-9-14(10-33)20-31-30-19(32(20)2)13-5-4-6-15(7-13)28-22-27-8-17(23(24,25)26)21(29-22)36-16-11-35-12-16/h3,8,13-16H,1,4-7,9-12H2,2H3,(H,27,28,29)/t13-,15+/m0/s1. The molecule has 1 N–H and O–H groups in total. The number of amides is 1. The molecule has 4 heterocycles. The van der Waals surface area contributed by atoms with Gasteiger partial charge in [0, 0.05) is 38.3 Å². The highest BCUT2D eigenvalue weighted by atomic mass is 19.4. The summed E-state index contributed by atoms with van der Waals surface area (Å²) >= 11 is 0. The van der Waals surface area contributed by atoms with Gasteiger partial charge in [0.2, 0.25) is 17.7 Å². The molecule has 2 atom stereocenters. The number of carbonyl (C=O) groups excluding carboxylic acids is 1. The van der Waals surface area contributed by atoms with Gasteiger partial charge in [0.15, 0.2) is 0 Å². The fourth-order valence-corrected chi connectivity index (χ4v) is 4.91. The molecule has 2 aromatic rings. The zero-order chi connectivity index (χ0) is 25.4. The Morgan fingerprint density at radius 3 is 2.58 bits per heavy atom. The molecule has 2 aliphatic heterocycles. The molecule has 13 heteroatoms. The van der Waals surface area contributed by atoms with Crippen LogP contribution < -0.4 is 10.1 Å². The summed E-state index contributed by atoms with van der Waals surface area (Å²) in [6.45, 7) is 5.17. The Morgan fingerprint density at radius 2 is 1.94 bits per heavy atom. The molecule has 0 unspecified atom stereocenters. The van der Waals surface area contributed by atoms with Gasteiger partial charge in [-0.2, -0.15) is 18.2 Å². The van der Waals surface area contributed by atoms with E-state index in [0.29, 0.717) is 13.1 Å². The van der Waals surface area contributed by atoms with E-state index in [4.69, 9.17) is 9.47 Å². The van der Waals surface area contributed by atoms with E-state index in [2.05, 4.69) is 32.1 Å². The Balaban J connectivity index is 1.25. The molecule has 0 spiro atoms. The molecule has 1 amide bonds. The number of anilines is 1. The lowest BCUT2D eigenvalue weighted by Crippen LogP contribution is -2.48. The number of alkyl halides is 3. The zero-order valence-corrected chi connectivity index (χ0v) is 19.9. The molecule has 10 nitrogen and oxygen atoms in total. The van der Waals surface area contributed by atoms with E-state index < -0.39 is 23.7 Å². The normalized spacial score (nSPS) is 23.1. The van der Waals surface area contributed by atoms with E-state index >= 15 is 0 Å². The average molecular weight is 508 g/mol. The van der Waals surface area contributed by atoms with Crippen LogP contribution >= 0.6 is 0 Å². The van der Waals surface area contributed by atoms with Crippen LogP contribution in [0.15, 0.2) is 18.9 Å². The first kappa shape index (κ1) is 24.5. The Kier molecular flexibility index (Phi) is 6.58. The third-order valence-electron chi connectivity index (χ3n) is 6.99. The lowest BCUT2D eigenvalue weighted by atomic mass is 9.85. The van der Waals surface area contributed by atoms with E-state index in [1.807, 2.05) is 11.6 Å². The summed E-state index contributed by atoms with van der Waals surface area (Å²) < 4.78 is 52.6. The van der Waals surface area contributed by atoms with Crippen LogP contribution in [0.2, 0.25) is 0 Å². The SMILES string of the molecule is C=CC(=O)N1CC(c2nnc([C@H]3CCC[C@@H](Nc4ncc(C(F)(F)F)c(OC5COC5)n4)C3)n2C)C1. The predicted octanol–water partition coefficient (Wildman–Crippen LogP) is 2.65. The van der Waals surface area contributed by atoms with Gasteiger partial charge in [0.1, 0.15) is 23.3 Å². The molecule has 3 fully saturated rings. The topological polar surface area (TPSA) is 107 Å². The average Bonchev–Trinajstić information content (AvgIpc) is 3.15. The Hall–Kier alpha value is -3.22. The second kappa shape index (κ2) is 9.68. The van der Waals surface area contributed by atoms with Gasteiger partial charge >= 0.3 is 6.18 Å². The van der Waals surface area contributed by atoms with Crippen molar-refractivity contribution in [3.63, 3.8) is 0 Å². The largest absolute Gasteiger partial charge is 0.469 e. The quantitative estimate of drug-likeness (QED) is 0.570. The van der Waals surface area contributed by atoms with E-state index in [1.165, 1.54) is 6.08 Å². The number of nitrogens with zero attached hydrogens (tertiary/aromatic N) is 6. The Bertz CT molecular complexity index is 1130. The van der Waals surface area contributed by atoms with Gasteiger partial charge < -0.3 is 24.3 Å². The summed E-state index contributed by atoms with van der Waals surface area (Å²) in [7, 11) is 1.94. The smallest absolute Gasteiger partial charge is 0.423 e. The van der Waals surface area contributed by atoms with Gasteiger partial charge in [0.25, 0.3) is 0 Å². The molecule has 0 aromatic carbocycles. The summed E-state index contributed by atoms with van der Waals surface area (Å²) in [6.07, 6.45) is 0.403. The number of carbonyl (C=O) groups is 1. The number of aromatic nitrogens is 5. The summed E-state index contributed by atoms with van der Waals surface area (Å²) in [6, 6.07) is -0.0371. The van der Waals surface area contributed by atoms with Crippen LogP contribution in [0.5, 0.6) is 5.88 Å². The minimum absolute atomic E-state index is 0.0371. The maximum absolute atomic E-state index is 13.4. The fourth-order valence-electron chi connectivity index (χ4n) is 4.91. The minimum atomic E-state index is -4.62. The first-order valence-corrected chi connectivity index (χ1v) is 12.0. The first-order chi connectivity index (χ1) is 17.2. The maximum Gasteiger partial charge on any atom is 0.423 e. The van der Waals surface area contributed by atoms with Crippen molar-refractivity contribution in [3.8, 4) is 5.88 Å². The van der Waals surface area contributed by atoms with Gasteiger partial charge in [0.05, 0.1) is 19.1 Å². The highest BCUT2D eigenvalue weighted by Gasteiger charge is 2.38. The molecule has 5 rings (SSSR count). The van der Waals surface area contributed by atoms with E-state index in [-0.39, 0.29) is 42.9 Å². The maximum atomic E-state index is 13.4. The monoisotopic (exact) mass is 507 g/mol. The van der Waals surface area contributed by atoms with Crippen LogP contribution in [-0.2, 0) is 22.8 Å². The molecule has 0 radical (unpaired) electrons. The van der Waals surface area contributed by atoms with Crippen LogP contribution in [0, 0.1) is 0 Å². The summed E-state index contributed by atoms with van der Waals surface area (Å²) in [5.74, 6) is 1.51. The van der Waals surface area contributed by atoms with E-state index in [1.54, 1.807) is 4.90 Å². The Morgan fingerprint density at radius 1 is 1.22 bits per heavy atom. The highest BCUT2D eigenvalue weighted by Crippen LogP contribution is 2.37. The highest BCUT2D eigenvalue weighted by molar-refractivity contribution is 5.87. The van der Waals surface area contributed by atoms with Gasteiger partial charge in [-0.1, -0.05) is 13.0 Å². The van der Waals surface area contributed by atoms with E-state index in [9.17, 15) is 18.0 Å². The zero-order valence-electron chi connectivity index (χ0n) is 19.9. The molecular formula is C23H28F3N7O3. The van der Waals surface area contributed by atoms with Crippen molar-refractivity contribution in [1.82, 2.24) is 29.6 Å². The van der Waals surface area contributed by atoms with Crippen molar-refractivity contribution in [2.75, 3.05) is 31.6 Å². The first-order valence-electron chi connectivity index (χ1n) is 12.0. The van der Waals surface area contributed by atoms with Gasteiger partial charge in [-0.3, -0.25) is 4.79 Å². The number of rotatable bonds is 7. The number of nitrogens with one attached hydrogen (secondary N) is 1. The lowest BCUT2D eigenvalue weighted by Gasteiger charge is -2.38. The third kappa shape index (κ3) is 4.88. The predicted molar refractivity (Wildman–Crippen MR) is 121 cm³/mol. The van der Waals surface area contributed by atoms with Crippen LogP contribution in [0.1, 0.15) is 54.7 Å². The summed E-state index contributed by atoms with van der Waals surface area (Å²) in [4.78, 5) is 21.4. The summed E-state index contributed by atoms with van der Waals surface area (Å²) in [5.41, 5.74) is -1.00.